The van der Waals surface area contributed by atoms with Crippen molar-refractivity contribution in [2.24, 2.45) is 0 Å². The van der Waals surface area contributed by atoms with Gasteiger partial charge in [-0.15, -0.1) is 0 Å². The fourth-order valence-electron chi connectivity index (χ4n) is 0. The topological polar surface area (TPSA) is 0 Å². The van der Waals surface area contributed by atoms with Gasteiger partial charge in [-0.3, -0.25) is 0 Å². The molecule has 0 saturated carbocycles. The Morgan fingerprint density at radius 2 is 0.500 bits per heavy atom. The molecule has 15 valence electrons. The molecular weight excluding hydrogens is 725 g/mol. The van der Waals surface area contributed by atoms with Crippen LogP contribution in [0.1, 0.15) is 0 Å². The van der Waals surface area contributed by atoms with Gasteiger partial charge < -0.3 is 0 Å². The zero-order valence-corrected chi connectivity index (χ0v) is 14.6. The van der Waals surface area contributed by atoms with Crippen LogP contribution < -0.4 is 0 Å². The number of hydrogen-bond acceptors (Lipinski definition) is 0. The van der Waals surface area contributed by atoms with Gasteiger partial charge in [0, 0.05) is 102 Å². The standard InChI is InChI=1S/B.3U. The maximum absolute atomic E-state index is 0. The molecule has 0 spiro atoms. The third kappa shape index (κ3) is 8.97. The maximum atomic E-state index is 0. The first kappa shape index (κ1) is 26.9. The van der Waals surface area contributed by atoms with E-state index in [1.807, 2.05) is 0 Å². The summed E-state index contributed by atoms with van der Waals surface area (Å²) in [6.45, 7) is 0. The van der Waals surface area contributed by atoms with Gasteiger partial charge in [-0.25, -0.2) is 0 Å². The summed E-state index contributed by atoms with van der Waals surface area (Å²) in [4.78, 5) is 0. The molecule has 0 aromatic rings. The third-order valence-electron chi connectivity index (χ3n) is 0. The van der Waals surface area contributed by atoms with E-state index in [1.54, 1.807) is 0 Å². The summed E-state index contributed by atoms with van der Waals surface area (Å²) in [5.74, 6) is 0. The smallest absolute Gasteiger partial charge is 0 e. The first-order valence-corrected chi connectivity index (χ1v) is 0. The van der Waals surface area contributed by atoms with Crippen molar-refractivity contribution < 1.29 is 93.3 Å². The van der Waals surface area contributed by atoms with Crippen LogP contribution in [0, 0.1) is 93.3 Å². The molecule has 0 N–H and O–H groups in total. The van der Waals surface area contributed by atoms with Gasteiger partial charge in [0.25, 0.3) is 0 Å². The number of rotatable bonds is 0. The van der Waals surface area contributed by atoms with E-state index in [2.05, 4.69) is 0 Å². The minimum atomic E-state index is 0. The molecule has 0 heterocycles. The quantitative estimate of drug-likeness (QED) is 0.300. The van der Waals surface area contributed by atoms with Crippen LogP contribution in [0.3, 0.4) is 0 Å². The van der Waals surface area contributed by atoms with Crippen LogP contribution in [0.25, 0.3) is 0 Å². The summed E-state index contributed by atoms with van der Waals surface area (Å²) in [7, 11) is 0. The molecule has 3 radical (unpaired) electrons. The van der Waals surface area contributed by atoms with Gasteiger partial charge in [-0.1, -0.05) is 0 Å². The molecule has 0 fully saturated rings. The van der Waals surface area contributed by atoms with Crippen LogP contribution in [0.2, 0.25) is 0 Å². The van der Waals surface area contributed by atoms with Crippen molar-refractivity contribution in [2.45, 2.75) is 0 Å². The van der Waals surface area contributed by atoms with Crippen molar-refractivity contribution >= 4 is 8.41 Å². The average molecular weight is 725 g/mol. The molecular formula is BU3. The first-order chi connectivity index (χ1) is 0. The van der Waals surface area contributed by atoms with E-state index in [0.29, 0.717) is 0 Å². The van der Waals surface area contributed by atoms with Gasteiger partial charge in [0.1, 0.15) is 0 Å². The van der Waals surface area contributed by atoms with Crippen LogP contribution in [0.4, 0.5) is 0 Å². The van der Waals surface area contributed by atoms with Gasteiger partial charge in [0.15, 0.2) is 0 Å². The van der Waals surface area contributed by atoms with E-state index in [-0.39, 0.29) is 102 Å². The predicted molar refractivity (Wildman–Crippen MR) is 5.75 cm³/mol. The van der Waals surface area contributed by atoms with Gasteiger partial charge in [0.2, 0.25) is 0 Å². The number of hydrogen-bond donors (Lipinski definition) is 0. The van der Waals surface area contributed by atoms with Gasteiger partial charge in [-0.2, -0.15) is 0 Å². The minimum Gasteiger partial charge on any atom is 0 e. The monoisotopic (exact) mass is 725 g/mol. The molecule has 0 saturated heterocycles. The normalized spacial score (nSPS) is 0. The van der Waals surface area contributed by atoms with Crippen molar-refractivity contribution in [3.63, 3.8) is 0 Å². The summed E-state index contributed by atoms with van der Waals surface area (Å²) in [6, 6.07) is 0. The molecule has 4 heavy (non-hydrogen) atoms. The molecule has 0 nitrogen and oxygen atoms in total. The Balaban J connectivity index is 0. The Labute approximate surface area is 99.3 Å². The molecule has 0 amide bonds. The molecule has 0 aromatic heterocycles. The predicted octanol–water partition coefficient (Wildman–Crippen LogP) is -0.381. The molecule has 0 aliphatic heterocycles. The van der Waals surface area contributed by atoms with Crippen LogP contribution in [0.15, 0.2) is 0 Å². The second-order valence-electron chi connectivity index (χ2n) is 0. The largest absolute Gasteiger partial charge is 0 e. The molecule has 0 aliphatic carbocycles. The zero-order chi connectivity index (χ0) is 0. The summed E-state index contributed by atoms with van der Waals surface area (Å²) in [5, 5.41) is 0. The molecule has 0 aromatic carbocycles. The molecule has 0 unspecified atom stereocenters. The van der Waals surface area contributed by atoms with E-state index in [1.165, 1.54) is 0 Å². The molecule has 0 rings (SSSR count). The average Bonchev–Trinajstić information content (AvgIpc) is 0. The van der Waals surface area contributed by atoms with Crippen molar-refractivity contribution in [1.29, 1.82) is 0 Å². The van der Waals surface area contributed by atoms with E-state index >= 15 is 0 Å². The molecule has 0 atom stereocenters. The molecule has 0 aliphatic rings. The fraction of sp³-hybridized carbons (Fsp3) is 0. The van der Waals surface area contributed by atoms with Crippen LogP contribution >= 0.6 is 0 Å². The maximum Gasteiger partial charge on any atom is 0 e. The van der Waals surface area contributed by atoms with Crippen LogP contribution in [-0.4, -0.2) is 8.41 Å². The Morgan fingerprint density at radius 3 is 0.500 bits per heavy atom. The Kier molecular flexibility index (Phi) is 110. The summed E-state index contributed by atoms with van der Waals surface area (Å²) >= 11 is 0. The Morgan fingerprint density at radius 1 is 0.500 bits per heavy atom. The van der Waals surface area contributed by atoms with Gasteiger partial charge in [-0.05, 0) is 0 Å². The van der Waals surface area contributed by atoms with Crippen molar-refractivity contribution in [2.75, 3.05) is 0 Å². The second kappa shape index (κ2) is 16.3. The third-order valence-corrected chi connectivity index (χ3v) is 0. The van der Waals surface area contributed by atoms with Gasteiger partial charge >= 0.3 is 0 Å². The van der Waals surface area contributed by atoms with E-state index in [4.69, 9.17) is 0 Å². The van der Waals surface area contributed by atoms with Crippen LogP contribution in [0.5, 0.6) is 0 Å². The SMILES string of the molecule is [B].[U].[U].[U]. The van der Waals surface area contributed by atoms with Crippen molar-refractivity contribution in [3.05, 3.63) is 0 Å². The minimum absolute atomic E-state index is 0. The van der Waals surface area contributed by atoms with Gasteiger partial charge in [0.05, 0.1) is 0 Å². The molecule has 0 bridgehead atoms. The summed E-state index contributed by atoms with van der Waals surface area (Å²) < 4.78 is 0. The van der Waals surface area contributed by atoms with E-state index in [0.717, 1.165) is 0 Å². The van der Waals surface area contributed by atoms with Crippen molar-refractivity contribution in [1.82, 2.24) is 0 Å². The second-order valence-corrected chi connectivity index (χ2v) is 0. The molecule has 4 heteroatoms. The summed E-state index contributed by atoms with van der Waals surface area (Å²) in [5.41, 5.74) is 0. The van der Waals surface area contributed by atoms with E-state index in [9.17, 15) is 0 Å². The summed E-state index contributed by atoms with van der Waals surface area (Å²) in [6.07, 6.45) is 0. The fourth-order valence-corrected chi connectivity index (χ4v) is 0. The first-order valence-electron chi connectivity index (χ1n) is 0. The zero-order valence-electron chi connectivity index (χ0n) is 2.08. The Hall–Kier alpha value is 3.22. The van der Waals surface area contributed by atoms with E-state index < -0.39 is 0 Å². The van der Waals surface area contributed by atoms with Crippen molar-refractivity contribution in [3.8, 4) is 0 Å². The Bertz CT molecular complexity index is 3.25. The van der Waals surface area contributed by atoms with Crippen LogP contribution in [-0.2, 0) is 0 Å².